The molecule has 2 rings (SSSR count). The third kappa shape index (κ3) is 3.23. The number of ether oxygens (including phenoxy) is 2. The summed E-state index contributed by atoms with van der Waals surface area (Å²) in [4.78, 5) is 13.8. The van der Waals surface area contributed by atoms with Gasteiger partial charge in [-0.2, -0.15) is 0 Å². The molecule has 98 valence electrons. The minimum Gasteiger partial charge on any atom is -0.459 e. The quantitative estimate of drug-likeness (QED) is 0.766. The summed E-state index contributed by atoms with van der Waals surface area (Å²) in [5.74, 6) is -0.283. The molecule has 1 heterocycles. The monoisotopic (exact) mass is 249 g/mol. The molecule has 0 radical (unpaired) electrons. The zero-order chi connectivity index (χ0) is 13.0. The molecule has 4 heteroatoms. The lowest BCUT2D eigenvalue weighted by molar-refractivity contribution is 0.0161. The molecule has 1 saturated heterocycles. The van der Waals surface area contributed by atoms with E-state index in [1.807, 2.05) is 37.2 Å². The highest BCUT2D eigenvalue weighted by molar-refractivity contribution is 5.90. The fraction of sp³-hybridized carbons (Fsp3) is 0.500. The van der Waals surface area contributed by atoms with Gasteiger partial charge in [-0.15, -0.1) is 0 Å². The number of anilines is 1. The Balaban J connectivity index is 1.93. The van der Waals surface area contributed by atoms with E-state index in [2.05, 4.69) is 0 Å². The van der Waals surface area contributed by atoms with Crippen molar-refractivity contribution in [3.63, 3.8) is 0 Å². The first-order valence-corrected chi connectivity index (χ1v) is 6.23. The molecule has 0 aliphatic carbocycles. The molecule has 18 heavy (non-hydrogen) atoms. The molecule has 0 N–H and O–H groups in total. The van der Waals surface area contributed by atoms with Crippen LogP contribution in [0.3, 0.4) is 0 Å². The zero-order valence-corrected chi connectivity index (χ0v) is 10.9. The summed E-state index contributed by atoms with van der Waals surface area (Å²) in [6.45, 7) is 1.13. The maximum atomic E-state index is 11.9. The normalized spacial score (nSPS) is 18.7. The maximum absolute atomic E-state index is 11.9. The van der Waals surface area contributed by atoms with Gasteiger partial charge in [0.05, 0.1) is 11.7 Å². The summed E-state index contributed by atoms with van der Waals surface area (Å²) in [5, 5.41) is 0. The summed E-state index contributed by atoms with van der Waals surface area (Å²) in [6, 6.07) is 7.41. The van der Waals surface area contributed by atoms with Crippen molar-refractivity contribution in [3.8, 4) is 0 Å². The minimum absolute atomic E-state index is 0.0750. The third-order valence-corrected chi connectivity index (χ3v) is 3.02. The highest BCUT2D eigenvalue weighted by Gasteiger charge is 2.18. The van der Waals surface area contributed by atoms with Crippen LogP contribution >= 0.6 is 0 Å². The van der Waals surface area contributed by atoms with Crippen molar-refractivity contribution >= 4 is 11.7 Å². The van der Waals surface area contributed by atoms with Gasteiger partial charge < -0.3 is 14.4 Å². The predicted molar refractivity (Wildman–Crippen MR) is 70.0 cm³/mol. The standard InChI is InChI=1S/C14H19NO3/c1-15(2)12-6-3-5-11(9-12)14(16)18-10-13-7-4-8-17-13/h3,5-6,9,13H,4,7-8,10H2,1-2H3. The van der Waals surface area contributed by atoms with Gasteiger partial charge in [0.1, 0.15) is 6.61 Å². The molecule has 1 aromatic rings. The lowest BCUT2D eigenvalue weighted by Crippen LogP contribution is -2.18. The van der Waals surface area contributed by atoms with E-state index in [9.17, 15) is 4.79 Å². The van der Waals surface area contributed by atoms with Crippen LogP contribution in [-0.2, 0) is 9.47 Å². The maximum Gasteiger partial charge on any atom is 0.338 e. The minimum atomic E-state index is -0.283. The number of benzene rings is 1. The van der Waals surface area contributed by atoms with Gasteiger partial charge in [-0.1, -0.05) is 6.07 Å². The first-order chi connectivity index (χ1) is 8.66. The molecule has 1 aromatic carbocycles. The van der Waals surface area contributed by atoms with Gasteiger partial charge in [-0.25, -0.2) is 4.79 Å². The Hall–Kier alpha value is -1.55. The van der Waals surface area contributed by atoms with Crippen molar-refractivity contribution in [2.45, 2.75) is 18.9 Å². The van der Waals surface area contributed by atoms with Gasteiger partial charge in [0.15, 0.2) is 0 Å². The van der Waals surface area contributed by atoms with Crippen LogP contribution in [-0.4, -0.2) is 39.4 Å². The van der Waals surface area contributed by atoms with Crippen LogP contribution in [0.4, 0.5) is 5.69 Å². The van der Waals surface area contributed by atoms with E-state index in [0.717, 1.165) is 25.1 Å². The summed E-state index contributed by atoms with van der Waals surface area (Å²) in [6.07, 6.45) is 2.11. The van der Waals surface area contributed by atoms with Gasteiger partial charge >= 0.3 is 5.97 Å². The number of carbonyl (C=O) groups is 1. The molecule has 1 aliphatic rings. The van der Waals surface area contributed by atoms with Gasteiger partial charge in [0, 0.05) is 26.4 Å². The van der Waals surface area contributed by atoms with Gasteiger partial charge in [-0.3, -0.25) is 0 Å². The lowest BCUT2D eigenvalue weighted by Gasteiger charge is -2.14. The predicted octanol–water partition coefficient (Wildman–Crippen LogP) is 2.09. The van der Waals surface area contributed by atoms with Crippen LogP contribution in [0.2, 0.25) is 0 Å². The fourth-order valence-electron chi connectivity index (χ4n) is 1.94. The molecule has 0 spiro atoms. The van der Waals surface area contributed by atoms with Crippen LogP contribution in [0.5, 0.6) is 0 Å². The lowest BCUT2D eigenvalue weighted by atomic mass is 10.2. The van der Waals surface area contributed by atoms with Crippen molar-refractivity contribution < 1.29 is 14.3 Å². The van der Waals surface area contributed by atoms with Crippen molar-refractivity contribution in [2.75, 3.05) is 32.2 Å². The van der Waals surface area contributed by atoms with E-state index < -0.39 is 0 Å². The highest BCUT2D eigenvalue weighted by atomic mass is 16.6. The molecule has 0 bridgehead atoms. The van der Waals surface area contributed by atoms with Crippen LogP contribution in [0.15, 0.2) is 24.3 Å². The largest absolute Gasteiger partial charge is 0.459 e. The number of rotatable bonds is 4. The molecule has 1 fully saturated rings. The van der Waals surface area contributed by atoms with E-state index in [4.69, 9.17) is 9.47 Å². The molecule has 1 aliphatic heterocycles. The first-order valence-electron chi connectivity index (χ1n) is 6.23. The average molecular weight is 249 g/mol. The van der Waals surface area contributed by atoms with E-state index >= 15 is 0 Å². The summed E-state index contributed by atoms with van der Waals surface area (Å²) in [5.41, 5.74) is 1.57. The summed E-state index contributed by atoms with van der Waals surface area (Å²) < 4.78 is 10.7. The number of hydrogen-bond acceptors (Lipinski definition) is 4. The van der Waals surface area contributed by atoms with Crippen molar-refractivity contribution in [2.24, 2.45) is 0 Å². The first kappa shape index (κ1) is 12.9. The smallest absolute Gasteiger partial charge is 0.338 e. The van der Waals surface area contributed by atoms with Gasteiger partial charge in [-0.05, 0) is 31.0 Å². The topological polar surface area (TPSA) is 38.8 Å². The Bertz CT molecular complexity index is 411. The van der Waals surface area contributed by atoms with Crippen molar-refractivity contribution in [1.82, 2.24) is 0 Å². The molecular formula is C14H19NO3. The Morgan fingerprint density at radius 2 is 2.33 bits per heavy atom. The number of nitrogens with zero attached hydrogens (tertiary/aromatic N) is 1. The molecule has 0 aromatic heterocycles. The number of carbonyl (C=O) groups excluding carboxylic acids is 1. The van der Waals surface area contributed by atoms with E-state index in [0.29, 0.717) is 12.2 Å². The molecule has 1 atom stereocenters. The Kier molecular flexibility index (Phi) is 4.20. The second-order valence-electron chi connectivity index (χ2n) is 4.68. The number of esters is 1. The average Bonchev–Trinajstić information content (AvgIpc) is 2.89. The van der Waals surface area contributed by atoms with Gasteiger partial charge in [0.25, 0.3) is 0 Å². The summed E-state index contributed by atoms with van der Waals surface area (Å²) >= 11 is 0. The molecule has 4 nitrogen and oxygen atoms in total. The molecule has 0 saturated carbocycles. The fourth-order valence-corrected chi connectivity index (χ4v) is 1.94. The Labute approximate surface area is 107 Å². The number of hydrogen-bond donors (Lipinski definition) is 0. The summed E-state index contributed by atoms with van der Waals surface area (Å²) in [7, 11) is 3.88. The van der Waals surface area contributed by atoms with Crippen molar-refractivity contribution in [1.29, 1.82) is 0 Å². The van der Waals surface area contributed by atoms with Crippen LogP contribution < -0.4 is 4.90 Å². The van der Waals surface area contributed by atoms with E-state index in [1.165, 1.54) is 0 Å². The SMILES string of the molecule is CN(C)c1cccc(C(=O)OCC2CCCO2)c1. The molecule has 1 unspecified atom stereocenters. The van der Waals surface area contributed by atoms with Crippen LogP contribution in [0, 0.1) is 0 Å². The zero-order valence-electron chi connectivity index (χ0n) is 10.9. The van der Waals surface area contributed by atoms with Crippen LogP contribution in [0.25, 0.3) is 0 Å². The Morgan fingerprint density at radius 1 is 1.50 bits per heavy atom. The molecular weight excluding hydrogens is 230 g/mol. The van der Waals surface area contributed by atoms with E-state index in [-0.39, 0.29) is 12.1 Å². The highest BCUT2D eigenvalue weighted by Crippen LogP contribution is 2.16. The van der Waals surface area contributed by atoms with Crippen LogP contribution in [0.1, 0.15) is 23.2 Å². The third-order valence-electron chi connectivity index (χ3n) is 3.02. The van der Waals surface area contributed by atoms with E-state index in [1.54, 1.807) is 6.07 Å². The van der Waals surface area contributed by atoms with Crippen molar-refractivity contribution in [3.05, 3.63) is 29.8 Å². The molecule has 0 amide bonds. The second-order valence-corrected chi connectivity index (χ2v) is 4.68. The van der Waals surface area contributed by atoms with Gasteiger partial charge in [0.2, 0.25) is 0 Å². The second kappa shape index (κ2) is 5.87. The Morgan fingerprint density at radius 3 is 3.00 bits per heavy atom.